The molecule has 35 heavy (non-hydrogen) atoms. The van der Waals surface area contributed by atoms with Gasteiger partial charge < -0.3 is 14.8 Å². The molecule has 5 rings (SSSR count). The number of hydrogen-bond donors (Lipinski definition) is 1. The number of rotatable bonds is 7. The SMILES string of the molecule is COc1cc(OC)c(Cl)c(-c2ccc3cc(Nc4ccc(Cn5cncn5)cc4)ncc3c2)c1C. The molecule has 0 spiro atoms. The van der Waals surface area contributed by atoms with Crippen LogP contribution in [0.3, 0.4) is 0 Å². The van der Waals surface area contributed by atoms with Gasteiger partial charge in [-0.1, -0.05) is 35.9 Å². The van der Waals surface area contributed by atoms with Crippen molar-refractivity contribution in [2.45, 2.75) is 13.5 Å². The molecule has 0 fully saturated rings. The molecule has 1 N–H and O–H groups in total. The Morgan fingerprint density at radius 1 is 0.943 bits per heavy atom. The van der Waals surface area contributed by atoms with Crippen molar-refractivity contribution in [3.8, 4) is 22.6 Å². The Bertz CT molecular complexity index is 1460. The van der Waals surface area contributed by atoms with Crippen LogP contribution in [0.2, 0.25) is 5.02 Å². The highest BCUT2D eigenvalue weighted by atomic mass is 35.5. The van der Waals surface area contributed by atoms with E-state index in [1.54, 1.807) is 25.2 Å². The van der Waals surface area contributed by atoms with Gasteiger partial charge in [-0.15, -0.1) is 0 Å². The van der Waals surface area contributed by atoms with E-state index < -0.39 is 0 Å². The van der Waals surface area contributed by atoms with Gasteiger partial charge in [0.25, 0.3) is 0 Å². The van der Waals surface area contributed by atoms with Gasteiger partial charge in [0.1, 0.15) is 30.0 Å². The number of halogens is 1. The molecule has 0 aliphatic rings. The van der Waals surface area contributed by atoms with Crippen molar-refractivity contribution in [2.24, 2.45) is 0 Å². The third kappa shape index (κ3) is 4.63. The molecule has 0 bridgehead atoms. The number of pyridine rings is 1. The quantitative estimate of drug-likeness (QED) is 0.293. The molecule has 0 aliphatic carbocycles. The molecule has 0 saturated carbocycles. The van der Waals surface area contributed by atoms with E-state index >= 15 is 0 Å². The van der Waals surface area contributed by atoms with E-state index in [4.69, 9.17) is 21.1 Å². The molecule has 7 nitrogen and oxygen atoms in total. The fraction of sp³-hybridized carbons (Fsp3) is 0.148. The van der Waals surface area contributed by atoms with Crippen LogP contribution in [0.15, 0.2) is 73.4 Å². The van der Waals surface area contributed by atoms with Gasteiger partial charge in [-0.2, -0.15) is 5.10 Å². The average molecular weight is 486 g/mol. The first-order valence-corrected chi connectivity index (χ1v) is 11.4. The molecule has 8 heteroatoms. The first-order chi connectivity index (χ1) is 17.1. The summed E-state index contributed by atoms with van der Waals surface area (Å²) in [5, 5.41) is 10.2. The standard InChI is InChI=1S/C27H24ClN5O2/c1-17-23(34-2)12-24(35-3)27(28)26(17)20-7-6-19-11-25(30-13-21(19)10-20)32-22-8-4-18(5-9-22)14-33-16-29-15-31-33/h4-13,15-16H,14H2,1-3H3,(H,30,32). The molecular weight excluding hydrogens is 462 g/mol. The van der Waals surface area contributed by atoms with Crippen LogP contribution in [0.1, 0.15) is 11.1 Å². The van der Waals surface area contributed by atoms with Gasteiger partial charge in [0, 0.05) is 34.5 Å². The van der Waals surface area contributed by atoms with Crippen molar-refractivity contribution in [3.05, 3.63) is 89.6 Å². The van der Waals surface area contributed by atoms with E-state index in [1.165, 1.54) is 6.33 Å². The summed E-state index contributed by atoms with van der Waals surface area (Å²) in [6.07, 6.45) is 5.10. The van der Waals surface area contributed by atoms with Gasteiger partial charge in [0.05, 0.1) is 25.8 Å². The van der Waals surface area contributed by atoms with Crippen molar-refractivity contribution in [1.82, 2.24) is 19.7 Å². The maximum atomic E-state index is 6.68. The molecule has 0 saturated heterocycles. The van der Waals surface area contributed by atoms with E-state index in [-0.39, 0.29) is 0 Å². The number of ether oxygens (including phenoxy) is 2. The van der Waals surface area contributed by atoms with Crippen LogP contribution in [-0.2, 0) is 6.54 Å². The molecule has 0 radical (unpaired) electrons. The summed E-state index contributed by atoms with van der Waals surface area (Å²) in [6, 6.07) is 18.2. The minimum absolute atomic E-state index is 0.559. The highest BCUT2D eigenvalue weighted by molar-refractivity contribution is 6.35. The minimum atomic E-state index is 0.559. The van der Waals surface area contributed by atoms with E-state index in [1.807, 2.05) is 37.4 Å². The molecule has 0 amide bonds. The van der Waals surface area contributed by atoms with E-state index in [0.29, 0.717) is 17.3 Å². The van der Waals surface area contributed by atoms with E-state index in [0.717, 1.165) is 50.3 Å². The number of hydrogen-bond acceptors (Lipinski definition) is 6. The average Bonchev–Trinajstić information content (AvgIpc) is 3.39. The van der Waals surface area contributed by atoms with Crippen LogP contribution < -0.4 is 14.8 Å². The number of nitrogens with zero attached hydrogens (tertiary/aromatic N) is 4. The number of anilines is 2. The molecule has 3 aromatic carbocycles. The van der Waals surface area contributed by atoms with Crippen molar-refractivity contribution < 1.29 is 9.47 Å². The molecule has 2 heterocycles. The lowest BCUT2D eigenvalue weighted by Crippen LogP contribution is -2.00. The number of nitrogens with one attached hydrogen (secondary N) is 1. The third-order valence-electron chi connectivity index (χ3n) is 5.93. The van der Waals surface area contributed by atoms with Crippen molar-refractivity contribution >= 4 is 33.9 Å². The second kappa shape index (κ2) is 9.64. The first-order valence-electron chi connectivity index (χ1n) is 11.1. The fourth-order valence-electron chi connectivity index (χ4n) is 4.11. The lowest BCUT2D eigenvalue weighted by Gasteiger charge is -2.16. The Balaban J connectivity index is 1.40. The smallest absolute Gasteiger partial charge is 0.141 e. The Labute approximate surface area is 208 Å². The van der Waals surface area contributed by atoms with Crippen LogP contribution in [-0.4, -0.2) is 34.0 Å². The van der Waals surface area contributed by atoms with Gasteiger partial charge in [-0.05, 0) is 47.7 Å². The maximum Gasteiger partial charge on any atom is 0.141 e. The Morgan fingerprint density at radius 2 is 1.74 bits per heavy atom. The van der Waals surface area contributed by atoms with Crippen LogP contribution in [0.5, 0.6) is 11.5 Å². The molecule has 0 atom stereocenters. The summed E-state index contributed by atoms with van der Waals surface area (Å²) in [6.45, 7) is 2.67. The van der Waals surface area contributed by atoms with Crippen molar-refractivity contribution in [2.75, 3.05) is 19.5 Å². The second-order valence-corrected chi connectivity index (χ2v) is 8.52. The monoisotopic (exact) mass is 485 g/mol. The number of fused-ring (bicyclic) bond motifs is 1. The number of methoxy groups -OCH3 is 2. The number of benzene rings is 3. The van der Waals surface area contributed by atoms with Gasteiger partial charge in [-0.3, -0.25) is 0 Å². The van der Waals surface area contributed by atoms with E-state index in [2.05, 4.69) is 50.7 Å². The molecule has 2 aromatic heterocycles. The molecule has 176 valence electrons. The maximum absolute atomic E-state index is 6.68. The summed E-state index contributed by atoms with van der Waals surface area (Å²) in [7, 11) is 3.24. The Morgan fingerprint density at radius 3 is 2.46 bits per heavy atom. The summed E-state index contributed by atoms with van der Waals surface area (Å²) in [5.41, 5.74) is 4.92. The predicted octanol–water partition coefficient (Wildman–Crippen LogP) is 6.26. The molecular formula is C27H24ClN5O2. The van der Waals surface area contributed by atoms with Crippen molar-refractivity contribution in [3.63, 3.8) is 0 Å². The highest BCUT2D eigenvalue weighted by Gasteiger charge is 2.17. The van der Waals surface area contributed by atoms with Gasteiger partial charge >= 0.3 is 0 Å². The van der Waals surface area contributed by atoms with Crippen molar-refractivity contribution in [1.29, 1.82) is 0 Å². The Kier molecular flexibility index (Phi) is 6.25. The third-order valence-corrected chi connectivity index (χ3v) is 6.31. The Hall–Kier alpha value is -4.10. The summed E-state index contributed by atoms with van der Waals surface area (Å²) in [4.78, 5) is 8.59. The second-order valence-electron chi connectivity index (χ2n) is 8.14. The molecule has 0 unspecified atom stereocenters. The molecule has 0 aliphatic heterocycles. The zero-order valence-corrected chi connectivity index (χ0v) is 20.4. The van der Waals surface area contributed by atoms with E-state index in [9.17, 15) is 0 Å². The normalized spacial score (nSPS) is 11.0. The topological polar surface area (TPSA) is 74.1 Å². The predicted molar refractivity (Wildman–Crippen MR) is 139 cm³/mol. The number of aromatic nitrogens is 4. The minimum Gasteiger partial charge on any atom is -0.496 e. The van der Waals surface area contributed by atoms with Crippen LogP contribution in [0.25, 0.3) is 21.9 Å². The van der Waals surface area contributed by atoms with Crippen LogP contribution in [0, 0.1) is 6.92 Å². The lowest BCUT2D eigenvalue weighted by molar-refractivity contribution is 0.393. The van der Waals surface area contributed by atoms with Crippen LogP contribution >= 0.6 is 11.6 Å². The summed E-state index contributed by atoms with van der Waals surface area (Å²) >= 11 is 6.68. The van der Waals surface area contributed by atoms with Crippen LogP contribution in [0.4, 0.5) is 11.5 Å². The summed E-state index contributed by atoms with van der Waals surface area (Å²) < 4.78 is 12.8. The first kappa shape index (κ1) is 22.7. The van der Waals surface area contributed by atoms with Gasteiger partial charge in [-0.25, -0.2) is 14.6 Å². The van der Waals surface area contributed by atoms with Gasteiger partial charge in [0.2, 0.25) is 0 Å². The summed E-state index contributed by atoms with van der Waals surface area (Å²) in [5.74, 6) is 2.08. The fourth-order valence-corrected chi connectivity index (χ4v) is 4.50. The largest absolute Gasteiger partial charge is 0.496 e. The zero-order chi connectivity index (χ0) is 24.4. The lowest BCUT2D eigenvalue weighted by atomic mass is 9.97. The zero-order valence-electron chi connectivity index (χ0n) is 19.6. The molecule has 5 aromatic rings. The van der Waals surface area contributed by atoms with Gasteiger partial charge in [0.15, 0.2) is 0 Å². The highest BCUT2D eigenvalue weighted by Crippen LogP contribution is 2.43.